The number of carboxylic acids is 1. The number of amides is 1. The Morgan fingerprint density at radius 2 is 2.15 bits per heavy atom. The Labute approximate surface area is 118 Å². The summed E-state index contributed by atoms with van der Waals surface area (Å²) in [4.78, 5) is 22.5. The first-order valence-corrected chi connectivity index (χ1v) is 6.91. The summed E-state index contributed by atoms with van der Waals surface area (Å²) in [5.41, 5.74) is 7.06. The molecule has 1 amide bonds. The molecule has 5 nitrogen and oxygen atoms in total. The van der Waals surface area contributed by atoms with Crippen LogP contribution in [0.2, 0.25) is 0 Å². The lowest BCUT2D eigenvalue weighted by Crippen LogP contribution is -2.33. The van der Waals surface area contributed by atoms with Crippen molar-refractivity contribution in [1.29, 1.82) is 0 Å². The van der Waals surface area contributed by atoms with E-state index >= 15 is 0 Å². The molecule has 4 N–H and O–H groups in total. The van der Waals surface area contributed by atoms with Crippen molar-refractivity contribution in [3.8, 4) is 0 Å². The lowest BCUT2D eigenvalue weighted by molar-refractivity contribution is -0.121. The summed E-state index contributed by atoms with van der Waals surface area (Å²) in [7, 11) is 0. The minimum atomic E-state index is -0.939. The first-order valence-electron chi connectivity index (χ1n) is 6.91. The molecule has 0 bridgehead atoms. The van der Waals surface area contributed by atoms with Gasteiger partial charge in [-0.2, -0.15) is 0 Å². The summed E-state index contributed by atoms with van der Waals surface area (Å²) in [5, 5.41) is 11.7. The first kappa shape index (κ1) is 14.5. The van der Waals surface area contributed by atoms with Gasteiger partial charge in [-0.3, -0.25) is 4.79 Å². The summed E-state index contributed by atoms with van der Waals surface area (Å²) in [5.74, 6) is -0.446. The molecule has 0 radical (unpaired) electrons. The van der Waals surface area contributed by atoms with Gasteiger partial charge in [0.25, 0.3) is 0 Å². The van der Waals surface area contributed by atoms with Gasteiger partial charge in [0.2, 0.25) is 5.91 Å². The van der Waals surface area contributed by atoms with Gasteiger partial charge < -0.3 is 16.2 Å². The highest BCUT2D eigenvalue weighted by atomic mass is 16.4. The lowest BCUT2D eigenvalue weighted by atomic mass is 10.1. The molecule has 0 aromatic heterocycles. The predicted molar refractivity (Wildman–Crippen MR) is 75.4 cm³/mol. The van der Waals surface area contributed by atoms with Gasteiger partial charge in [-0.25, -0.2) is 4.79 Å². The van der Waals surface area contributed by atoms with Gasteiger partial charge in [0.05, 0.1) is 5.56 Å². The normalized spacial score (nSPS) is 15.7. The molecule has 0 aliphatic heterocycles. The van der Waals surface area contributed by atoms with Crippen LogP contribution >= 0.6 is 0 Å². The maximum absolute atomic E-state index is 11.7. The zero-order chi connectivity index (χ0) is 14.5. The van der Waals surface area contributed by atoms with Crippen molar-refractivity contribution in [2.24, 2.45) is 11.7 Å². The van der Waals surface area contributed by atoms with Crippen LogP contribution in [-0.2, 0) is 11.2 Å². The van der Waals surface area contributed by atoms with Crippen molar-refractivity contribution in [3.05, 3.63) is 35.4 Å². The molecule has 1 unspecified atom stereocenters. The second kappa shape index (κ2) is 6.52. The second-order valence-electron chi connectivity index (χ2n) is 5.31. The number of hydrogen-bond acceptors (Lipinski definition) is 3. The average molecular weight is 276 g/mol. The Morgan fingerprint density at radius 1 is 1.40 bits per heavy atom. The maximum Gasteiger partial charge on any atom is 0.335 e. The van der Waals surface area contributed by atoms with Crippen molar-refractivity contribution in [1.82, 2.24) is 5.32 Å². The molecule has 1 aliphatic rings. The van der Waals surface area contributed by atoms with Crippen LogP contribution in [0.4, 0.5) is 0 Å². The van der Waals surface area contributed by atoms with E-state index in [4.69, 9.17) is 10.8 Å². The van der Waals surface area contributed by atoms with Crippen LogP contribution in [0.1, 0.15) is 35.2 Å². The summed E-state index contributed by atoms with van der Waals surface area (Å²) in [6.07, 6.45) is 3.26. The molecule has 1 saturated carbocycles. The molecule has 5 heteroatoms. The third kappa shape index (κ3) is 4.35. The minimum Gasteiger partial charge on any atom is -0.478 e. The molecule has 20 heavy (non-hydrogen) atoms. The van der Waals surface area contributed by atoms with Gasteiger partial charge in [0.1, 0.15) is 0 Å². The molecular formula is C15H20N2O3. The van der Waals surface area contributed by atoms with Gasteiger partial charge in [-0.15, -0.1) is 0 Å². The fourth-order valence-corrected chi connectivity index (χ4v) is 2.18. The van der Waals surface area contributed by atoms with E-state index in [2.05, 4.69) is 5.32 Å². The van der Waals surface area contributed by atoms with Gasteiger partial charge in [-0.1, -0.05) is 12.1 Å². The third-order valence-corrected chi connectivity index (χ3v) is 3.56. The fraction of sp³-hybridized carbons (Fsp3) is 0.467. The van der Waals surface area contributed by atoms with Crippen LogP contribution in [0, 0.1) is 5.92 Å². The average Bonchev–Trinajstić information content (AvgIpc) is 3.23. The molecule has 0 heterocycles. The van der Waals surface area contributed by atoms with Crippen LogP contribution in [0.3, 0.4) is 0 Å². The number of carboxylic acid groups (broad SMARTS) is 1. The Hall–Kier alpha value is -1.88. The standard InChI is InChI=1S/C15H20N2O3/c16-13(11-4-5-11)9-14(18)17-7-6-10-2-1-3-12(8-10)15(19)20/h1-3,8,11,13H,4-7,9,16H2,(H,17,18)(H,19,20). The molecule has 108 valence electrons. The Balaban J connectivity index is 1.73. The van der Waals surface area contributed by atoms with E-state index in [0.717, 1.165) is 18.4 Å². The van der Waals surface area contributed by atoms with Gasteiger partial charge >= 0.3 is 5.97 Å². The molecule has 1 atom stereocenters. The quantitative estimate of drug-likeness (QED) is 0.697. The highest BCUT2D eigenvalue weighted by Crippen LogP contribution is 2.32. The molecule has 2 rings (SSSR count). The Kier molecular flexibility index (Phi) is 4.74. The number of nitrogens with one attached hydrogen (secondary N) is 1. The molecule has 1 aromatic rings. The minimum absolute atomic E-state index is 0.0228. The molecular weight excluding hydrogens is 256 g/mol. The SMILES string of the molecule is NC(CC(=O)NCCc1cccc(C(=O)O)c1)C1CC1. The largest absolute Gasteiger partial charge is 0.478 e. The third-order valence-electron chi connectivity index (χ3n) is 3.56. The molecule has 0 saturated heterocycles. The van der Waals surface area contributed by atoms with E-state index in [1.54, 1.807) is 18.2 Å². The van der Waals surface area contributed by atoms with Gasteiger partial charge in [0.15, 0.2) is 0 Å². The molecule has 1 aliphatic carbocycles. The van der Waals surface area contributed by atoms with Crippen LogP contribution in [-0.4, -0.2) is 29.6 Å². The van der Waals surface area contributed by atoms with Crippen molar-refractivity contribution < 1.29 is 14.7 Å². The maximum atomic E-state index is 11.7. The van der Waals surface area contributed by atoms with Crippen LogP contribution in [0.15, 0.2) is 24.3 Å². The predicted octanol–water partition coefficient (Wildman–Crippen LogP) is 1.17. The summed E-state index contributed by atoms with van der Waals surface area (Å²) in [6.45, 7) is 0.499. The number of rotatable bonds is 7. The highest BCUT2D eigenvalue weighted by molar-refractivity contribution is 5.87. The van der Waals surface area contributed by atoms with E-state index in [-0.39, 0.29) is 17.5 Å². The van der Waals surface area contributed by atoms with Crippen molar-refractivity contribution in [2.45, 2.75) is 31.7 Å². The van der Waals surface area contributed by atoms with E-state index < -0.39 is 5.97 Å². The van der Waals surface area contributed by atoms with E-state index in [9.17, 15) is 9.59 Å². The number of aromatic carboxylic acids is 1. The Morgan fingerprint density at radius 3 is 2.80 bits per heavy atom. The number of nitrogens with two attached hydrogens (primary N) is 1. The summed E-state index contributed by atoms with van der Waals surface area (Å²) in [6, 6.07) is 6.73. The van der Waals surface area contributed by atoms with E-state index in [0.29, 0.717) is 25.3 Å². The zero-order valence-electron chi connectivity index (χ0n) is 11.3. The van der Waals surface area contributed by atoms with Crippen molar-refractivity contribution >= 4 is 11.9 Å². The van der Waals surface area contributed by atoms with Crippen LogP contribution < -0.4 is 11.1 Å². The lowest BCUT2D eigenvalue weighted by Gasteiger charge is -2.10. The monoisotopic (exact) mass is 276 g/mol. The second-order valence-corrected chi connectivity index (χ2v) is 5.31. The summed E-state index contributed by atoms with van der Waals surface area (Å²) < 4.78 is 0. The van der Waals surface area contributed by atoms with E-state index in [1.165, 1.54) is 0 Å². The Bertz CT molecular complexity index is 498. The van der Waals surface area contributed by atoms with Crippen molar-refractivity contribution in [3.63, 3.8) is 0 Å². The van der Waals surface area contributed by atoms with Crippen LogP contribution in [0.5, 0.6) is 0 Å². The molecule has 0 spiro atoms. The number of carbonyl (C=O) groups excluding carboxylic acids is 1. The molecule has 1 aromatic carbocycles. The van der Waals surface area contributed by atoms with Gasteiger partial charge in [0, 0.05) is 19.0 Å². The van der Waals surface area contributed by atoms with Crippen LogP contribution in [0.25, 0.3) is 0 Å². The van der Waals surface area contributed by atoms with Gasteiger partial charge in [-0.05, 0) is 42.9 Å². The zero-order valence-corrected chi connectivity index (χ0v) is 11.3. The summed E-state index contributed by atoms with van der Waals surface area (Å²) >= 11 is 0. The first-order chi connectivity index (χ1) is 9.56. The molecule has 1 fully saturated rings. The highest BCUT2D eigenvalue weighted by Gasteiger charge is 2.29. The fourth-order valence-electron chi connectivity index (χ4n) is 2.18. The number of benzene rings is 1. The van der Waals surface area contributed by atoms with Crippen molar-refractivity contribution in [2.75, 3.05) is 6.54 Å². The smallest absolute Gasteiger partial charge is 0.335 e. The number of hydrogen-bond donors (Lipinski definition) is 3. The topological polar surface area (TPSA) is 92.4 Å². The van der Waals surface area contributed by atoms with E-state index in [1.807, 2.05) is 6.07 Å². The number of carbonyl (C=O) groups is 2.